The van der Waals surface area contributed by atoms with Crippen LogP contribution in [0.3, 0.4) is 0 Å². The number of hydrogen-bond acceptors (Lipinski definition) is 3. The van der Waals surface area contributed by atoms with E-state index in [2.05, 4.69) is 5.32 Å². The Bertz CT molecular complexity index is 561. The molecular formula is C15H19N3O4. The molecule has 2 N–H and O–H groups in total. The van der Waals surface area contributed by atoms with Gasteiger partial charge in [-0.2, -0.15) is 0 Å². The molecule has 3 amide bonds. The van der Waals surface area contributed by atoms with Gasteiger partial charge in [0, 0.05) is 25.8 Å². The molecule has 1 heterocycles. The first-order chi connectivity index (χ1) is 10.5. The Morgan fingerprint density at radius 3 is 2.68 bits per heavy atom. The maximum Gasteiger partial charge on any atom is 0.317 e. The molecule has 1 atom stereocenters. The number of aliphatic carboxylic acids is 1. The second-order valence-electron chi connectivity index (χ2n) is 5.18. The van der Waals surface area contributed by atoms with Crippen LogP contribution < -0.4 is 10.2 Å². The number of carboxylic acids is 1. The van der Waals surface area contributed by atoms with Gasteiger partial charge in [-0.05, 0) is 18.6 Å². The topological polar surface area (TPSA) is 89.9 Å². The Balaban J connectivity index is 1.90. The Labute approximate surface area is 128 Å². The van der Waals surface area contributed by atoms with E-state index >= 15 is 0 Å². The van der Waals surface area contributed by atoms with E-state index in [1.165, 1.54) is 11.9 Å². The van der Waals surface area contributed by atoms with Gasteiger partial charge in [-0.25, -0.2) is 4.79 Å². The van der Waals surface area contributed by atoms with Crippen molar-refractivity contribution in [3.63, 3.8) is 0 Å². The van der Waals surface area contributed by atoms with Gasteiger partial charge >= 0.3 is 12.0 Å². The third kappa shape index (κ3) is 3.75. The van der Waals surface area contributed by atoms with Crippen molar-refractivity contribution < 1.29 is 19.5 Å². The second kappa shape index (κ2) is 6.93. The van der Waals surface area contributed by atoms with E-state index in [-0.39, 0.29) is 18.9 Å². The molecule has 1 aromatic carbocycles. The van der Waals surface area contributed by atoms with Crippen molar-refractivity contribution >= 4 is 23.6 Å². The van der Waals surface area contributed by atoms with Crippen LogP contribution >= 0.6 is 0 Å². The Hall–Kier alpha value is -2.57. The first kappa shape index (κ1) is 15.8. The van der Waals surface area contributed by atoms with Gasteiger partial charge in [0.15, 0.2) is 0 Å². The van der Waals surface area contributed by atoms with Crippen LogP contribution in [-0.2, 0) is 9.59 Å². The third-order valence-electron chi connectivity index (χ3n) is 3.58. The van der Waals surface area contributed by atoms with E-state index in [1.807, 2.05) is 30.3 Å². The zero-order valence-corrected chi connectivity index (χ0v) is 12.4. The molecule has 1 aliphatic heterocycles. The van der Waals surface area contributed by atoms with Crippen molar-refractivity contribution in [3.8, 4) is 0 Å². The summed E-state index contributed by atoms with van der Waals surface area (Å²) in [5, 5.41) is 11.3. The fourth-order valence-corrected chi connectivity index (χ4v) is 2.30. The zero-order chi connectivity index (χ0) is 16.1. The largest absolute Gasteiger partial charge is 0.481 e. The van der Waals surface area contributed by atoms with Gasteiger partial charge in [0.1, 0.15) is 6.04 Å². The Kier molecular flexibility index (Phi) is 4.98. The minimum Gasteiger partial charge on any atom is -0.481 e. The highest BCUT2D eigenvalue weighted by atomic mass is 16.4. The molecule has 7 nitrogen and oxygen atoms in total. The number of nitrogens with one attached hydrogen (secondary N) is 1. The van der Waals surface area contributed by atoms with Crippen LogP contribution in [0, 0.1) is 0 Å². The standard InChI is InChI=1S/C15H19N3O4/c1-17(9-8-13(19)20)15(22)16-12-7-10-18(14(12)21)11-5-3-2-4-6-11/h2-6,12H,7-10H2,1H3,(H,16,22)(H,19,20). The van der Waals surface area contributed by atoms with Crippen molar-refractivity contribution in [3.05, 3.63) is 30.3 Å². The Morgan fingerprint density at radius 2 is 2.05 bits per heavy atom. The molecule has 0 aromatic heterocycles. The maximum atomic E-state index is 12.3. The molecular weight excluding hydrogens is 286 g/mol. The highest BCUT2D eigenvalue weighted by molar-refractivity contribution is 6.01. The maximum absolute atomic E-state index is 12.3. The fraction of sp³-hybridized carbons (Fsp3) is 0.400. The number of rotatable bonds is 5. The summed E-state index contributed by atoms with van der Waals surface area (Å²) in [6, 6.07) is 8.28. The lowest BCUT2D eigenvalue weighted by atomic mass is 10.2. The molecule has 1 aliphatic rings. The van der Waals surface area contributed by atoms with E-state index in [0.29, 0.717) is 13.0 Å². The molecule has 118 valence electrons. The summed E-state index contributed by atoms with van der Waals surface area (Å²) in [5.74, 6) is -1.11. The summed E-state index contributed by atoms with van der Waals surface area (Å²) in [6.07, 6.45) is 0.408. The van der Waals surface area contributed by atoms with E-state index < -0.39 is 18.0 Å². The van der Waals surface area contributed by atoms with Crippen LogP contribution in [0.1, 0.15) is 12.8 Å². The van der Waals surface area contributed by atoms with Gasteiger partial charge in [-0.15, -0.1) is 0 Å². The summed E-state index contributed by atoms with van der Waals surface area (Å²) >= 11 is 0. The van der Waals surface area contributed by atoms with Gasteiger partial charge in [0.05, 0.1) is 6.42 Å². The normalized spacial score (nSPS) is 17.4. The summed E-state index contributed by atoms with van der Waals surface area (Å²) in [5.41, 5.74) is 0.809. The molecule has 1 unspecified atom stereocenters. The van der Waals surface area contributed by atoms with Crippen LogP contribution in [0.15, 0.2) is 30.3 Å². The highest BCUT2D eigenvalue weighted by Crippen LogP contribution is 2.21. The lowest BCUT2D eigenvalue weighted by Gasteiger charge is -2.20. The van der Waals surface area contributed by atoms with Gasteiger partial charge in [-0.3, -0.25) is 9.59 Å². The molecule has 22 heavy (non-hydrogen) atoms. The molecule has 1 saturated heterocycles. The number of para-hydroxylation sites is 1. The minimum atomic E-state index is -0.966. The van der Waals surface area contributed by atoms with Crippen molar-refractivity contribution in [1.29, 1.82) is 0 Å². The van der Waals surface area contributed by atoms with Gasteiger partial charge in [0.2, 0.25) is 5.91 Å². The highest BCUT2D eigenvalue weighted by Gasteiger charge is 2.34. The van der Waals surface area contributed by atoms with Gasteiger partial charge in [0.25, 0.3) is 0 Å². The van der Waals surface area contributed by atoms with Crippen LogP contribution in [0.5, 0.6) is 0 Å². The number of carbonyl (C=O) groups is 3. The smallest absolute Gasteiger partial charge is 0.317 e. The molecule has 0 bridgehead atoms. The van der Waals surface area contributed by atoms with Gasteiger partial charge in [-0.1, -0.05) is 18.2 Å². The predicted molar refractivity (Wildman–Crippen MR) is 80.6 cm³/mol. The van der Waals surface area contributed by atoms with E-state index in [0.717, 1.165) is 5.69 Å². The van der Waals surface area contributed by atoms with Gasteiger partial charge < -0.3 is 20.2 Å². The molecule has 2 rings (SSSR count). The average molecular weight is 305 g/mol. The average Bonchev–Trinajstić information content (AvgIpc) is 2.86. The number of carbonyl (C=O) groups excluding carboxylic acids is 2. The van der Waals surface area contributed by atoms with E-state index in [4.69, 9.17) is 5.11 Å². The quantitative estimate of drug-likeness (QED) is 0.846. The number of amides is 3. The summed E-state index contributed by atoms with van der Waals surface area (Å²) < 4.78 is 0. The number of hydrogen-bond donors (Lipinski definition) is 2. The fourth-order valence-electron chi connectivity index (χ4n) is 2.30. The molecule has 1 fully saturated rings. The number of anilines is 1. The van der Waals surface area contributed by atoms with E-state index in [9.17, 15) is 14.4 Å². The summed E-state index contributed by atoms with van der Waals surface area (Å²) in [6.45, 7) is 0.650. The lowest BCUT2D eigenvalue weighted by Crippen LogP contribution is -2.47. The van der Waals surface area contributed by atoms with Crippen LogP contribution in [0.25, 0.3) is 0 Å². The predicted octanol–water partition coefficient (Wildman–Crippen LogP) is 0.908. The van der Waals surface area contributed by atoms with Crippen molar-refractivity contribution in [2.75, 3.05) is 25.0 Å². The summed E-state index contributed by atoms with van der Waals surface area (Å²) in [7, 11) is 1.51. The first-order valence-corrected chi connectivity index (χ1v) is 7.09. The van der Waals surface area contributed by atoms with Crippen molar-refractivity contribution in [2.45, 2.75) is 18.9 Å². The van der Waals surface area contributed by atoms with Crippen molar-refractivity contribution in [1.82, 2.24) is 10.2 Å². The SMILES string of the molecule is CN(CCC(=O)O)C(=O)NC1CCN(c2ccccc2)C1=O. The first-order valence-electron chi connectivity index (χ1n) is 7.09. The number of urea groups is 1. The van der Waals surface area contributed by atoms with Crippen LogP contribution in [0.4, 0.5) is 10.5 Å². The van der Waals surface area contributed by atoms with Crippen molar-refractivity contribution in [2.24, 2.45) is 0 Å². The molecule has 0 spiro atoms. The number of nitrogens with zero attached hydrogens (tertiary/aromatic N) is 2. The summed E-state index contributed by atoms with van der Waals surface area (Å²) in [4.78, 5) is 37.7. The second-order valence-corrected chi connectivity index (χ2v) is 5.18. The number of carboxylic acid groups (broad SMARTS) is 1. The Morgan fingerprint density at radius 1 is 1.36 bits per heavy atom. The minimum absolute atomic E-state index is 0.102. The molecule has 0 aliphatic carbocycles. The molecule has 0 radical (unpaired) electrons. The van der Waals surface area contributed by atoms with Crippen LogP contribution in [-0.4, -0.2) is 54.1 Å². The monoisotopic (exact) mass is 305 g/mol. The lowest BCUT2D eigenvalue weighted by molar-refractivity contribution is -0.137. The van der Waals surface area contributed by atoms with Crippen LogP contribution in [0.2, 0.25) is 0 Å². The third-order valence-corrected chi connectivity index (χ3v) is 3.58. The zero-order valence-electron chi connectivity index (χ0n) is 12.4. The molecule has 0 saturated carbocycles. The number of benzene rings is 1. The molecule has 7 heteroatoms. The molecule has 1 aromatic rings. The van der Waals surface area contributed by atoms with E-state index in [1.54, 1.807) is 4.90 Å².